The monoisotopic (exact) mass is 329 g/mol. The number of benzene rings is 1. The molecule has 3 aromatic rings. The van der Waals surface area contributed by atoms with Gasteiger partial charge in [0.25, 0.3) is 0 Å². The second kappa shape index (κ2) is 6.78. The van der Waals surface area contributed by atoms with Gasteiger partial charge in [0.05, 0.1) is 13.2 Å². The lowest BCUT2D eigenvalue weighted by atomic mass is 10.1. The van der Waals surface area contributed by atoms with Crippen LogP contribution in [0.5, 0.6) is 6.01 Å². The standard InChI is InChI=1S/C16H19N5OS/c1-3-6-11(13-9-10-7-4-5-8-12(10)23-13)18-15-19-14(17)20-16(21-15)22-2/h4-5,7-9,11H,3,6H2,1-2H3,(H3,17,18,19,20,21). The number of nitrogens with zero attached hydrogens (tertiary/aromatic N) is 3. The summed E-state index contributed by atoms with van der Waals surface area (Å²) < 4.78 is 6.33. The Kier molecular flexibility index (Phi) is 4.57. The molecule has 23 heavy (non-hydrogen) atoms. The van der Waals surface area contributed by atoms with Gasteiger partial charge in [0.2, 0.25) is 11.9 Å². The maximum atomic E-state index is 5.71. The van der Waals surface area contributed by atoms with Crippen LogP contribution in [0.4, 0.5) is 11.9 Å². The fourth-order valence-corrected chi connectivity index (χ4v) is 3.58. The van der Waals surface area contributed by atoms with Crippen LogP contribution in [0, 0.1) is 0 Å². The highest BCUT2D eigenvalue weighted by Crippen LogP contribution is 2.33. The zero-order valence-electron chi connectivity index (χ0n) is 13.1. The van der Waals surface area contributed by atoms with Crippen molar-refractivity contribution in [3.05, 3.63) is 35.2 Å². The summed E-state index contributed by atoms with van der Waals surface area (Å²) >= 11 is 1.78. The molecule has 0 spiro atoms. The van der Waals surface area contributed by atoms with Crippen molar-refractivity contribution in [2.45, 2.75) is 25.8 Å². The van der Waals surface area contributed by atoms with Gasteiger partial charge in [0.15, 0.2) is 0 Å². The zero-order valence-corrected chi connectivity index (χ0v) is 13.9. The summed E-state index contributed by atoms with van der Waals surface area (Å²) in [5.74, 6) is 0.580. The molecule has 3 rings (SSSR count). The van der Waals surface area contributed by atoms with Crippen molar-refractivity contribution >= 4 is 33.3 Å². The molecule has 0 fully saturated rings. The van der Waals surface area contributed by atoms with Gasteiger partial charge in [-0.3, -0.25) is 0 Å². The van der Waals surface area contributed by atoms with Crippen molar-refractivity contribution < 1.29 is 4.74 Å². The van der Waals surface area contributed by atoms with E-state index in [-0.39, 0.29) is 18.0 Å². The summed E-state index contributed by atoms with van der Waals surface area (Å²) in [7, 11) is 1.51. The molecule has 120 valence electrons. The molecule has 2 heterocycles. The van der Waals surface area contributed by atoms with Crippen molar-refractivity contribution in [3.63, 3.8) is 0 Å². The molecule has 0 aliphatic rings. The van der Waals surface area contributed by atoms with E-state index in [9.17, 15) is 0 Å². The Morgan fingerprint density at radius 3 is 2.83 bits per heavy atom. The number of anilines is 2. The van der Waals surface area contributed by atoms with Gasteiger partial charge in [-0.25, -0.2) is 0 Å². The minimum absolute atomic E-state index is 0.129. The molecular formula is C16H19N5OS. The van der Waals surface area contributed by atoms with Gasteiger partial charge >= 0.3 is 6.01 Å². The average Bonchev–Trinajstić information content (AvgIpc) is 2.98. The molecule has 0 bridgehead atoms. The number of ether oxygens (including phenoxy) is 1. The van der Waals surface area contributed by atoms with Crippen LogP contribution in [0.1, 0.15) is 30.7 Å². The molecule has 6 nitrogen and oxygen atoms in total. The fraction of sp³-hybridized carbons (Fsp3) is 0.312. The number of fused-ring (bicyclic) bond motifs is 1. The maximum absolute atomic E-state index is 5.71. The smallest absolute Gasteiger partial charge is 0.322 e. The molecule has 1 unspecified atom stereocenters. The van der Waals surface area contributed by atoms with Gasteiger partial charge in [-0.2, -0.15) is 15.0 Å². The van der Waals surface area contributed by atoms with Crippen molar-refractivity contribution in [1.82, 2.24) is 15.0 Å². The van der Waals surface area contributed by atoms with E-state index in [0.29, 0.717) is 5.95 Å². The molecule has 1 aromatic carbocycles. The third kappa shape index (κ3) is 3.50. The van der Waals surface area contributed by atoms with Crippen molar-refractivity contribution in [2.24, 2.45) is 0 Å². The molecule has 0 saturated heterocycles. The molecule has 0 aliphatic heterocycles. The first-order valence-corrected chi connectivity index (χ1v) is 8.31. The molecule has 2 aromatic heterocycles. The van der Waals surface area contributed by atoms with Crippen LogP contribution >= 0.6 is 11.3 Å². The van der Waals surface area contributed by atoms with Crippen LogP contribution in [0.3, 0.4) is 0 Å². The second-order valence-electron chi connectivity index (χ2n) is 5.18. The summed E-state index contributed by atoms with van der Waals surface area (Å²) in [6.45, 7) is 2.16. The summed E-state index contributed by atoms with van der Waals surface area (Å²) in [5, 5.41) is 4.61. The van der Waals surface area contributed by atoms with E-state index in [1.165, 1.54) is 22.1 Å². The molecule has 0 aliphatic carbocycles. The largest absolute Gasteiger partial charge is 0.467 e. The highest BCUT2D eigenvalue weighted by atomic mass is 32.1. The summed E-state index contributed by atoms with van der Waals surface area (Å²) in [5.41, 5.74) is 5.71. The lowest BCUT2D eigenvalue weighted by Gasteiger charge is -2.16. The van der Waals surface area contributed by atoms with E-state index >= 15 is 0 Å². The van der Waals surface area contributed by atoms with E-state index in [0.717, 1.165) is 12.8 Å². The van der Waals surface area contributed by atoms with Crippen molar-refractivity contribution in [2.75, 3.05) is 18.2 Å². The van der Waals surface area contributed by atoms with Gasteiger partial charge in [-0.05, 0) is 23.9 Å². The normalized spacial score (nSPS) is 12.3. The number of nitrogens with two attached hydrogens (primary N) is 1. The van der Waals surface area contributed by atoms with Gasteiger partial charge in [0.1, 0.15) is 0 Å². The van der Waals surface area contributed by atoms with Gasteiger partial charge in [-0.1, -0.05) is 31.5 Å². The van der Waals surface area contributed by atoms with Crippen molar-refractivity contribution in [3.8, 4) is 6.01 Å². The Hall–Kier alpha value is -2.41. The number of nitrogen functional groups attached to an aromatic ring is 1. The molecule has 0 radical (unpaired) electrons. The van der Waals surface area contributed by atoms with E-state index in [1.54, 1.807) is 11.3 Å². The second-order valence-corrected chi connectivity index (χ2v) is 6.29. The molecule has 3 N–H and O–H groups in total. The zero-order chi connectivity index (χ0) is 16.2. The van der Waals surface area contributed by atoms with Crippen LogP contribution in [0.25, 0.3) is 10.1 Å². The minimum Gasteiger partial charge on any atom is -0.467 e. The number of rotatable bonds is 6. The quantitative estimate of drug-likeness (QED) is 0.718. The molecule has 0 amide bonds. The SMILES string of the molecule is CCCC(Nc1nc(N)nc(OC)n1)c1cc2ccccc2s1. The first-order chi connectivity index (χ1) is 11.2. The van der Waals surface area contributed by atoms with Crippen LogP contribution in [-0.2, 0) is 0 Å². The molecular weight excluding hydrogens is 310 g/mol. The van der Waals surface area contributed by atoms with Gasteiger partial charge < -0.3 is 15.8 Å². The predicted molar refractivity (Wildman–Crippen MR) is 93.9 cm³/mol. The van der Waals surface area contributed by atoms with Crippen LogP contribution < -0.4 is 15.8 Å². The Labute approximate surface area is 138 Å². The summed E-state index contributed by atoms with van der Waals surface area (Å²) in [6, 6.07) is 10.9. The van der Waals surface area contributed by atoms with E-state index in [1.807, 2.05) is 0 Å². The Bertz CT molecular complexity index is 771. The highest BCUT2D eigenvalue weighted by molar-refractivity contribution is 7.19. The molecule has 1 atom stereocenters. The third-order valence-electron chi connectivity index (χ3n) is 3.48. The van der Waals surface area contributed by atoms with Gasteiger partial charge in [0, 0.05) is 9.58 Å². The number of methoxy groups -OCH3 is 1. The third-order valence-corrected chi connectivity index (χ3v) is 4.71. The first kappa shape index (κ1) is 15.5. The Morgan fingerprint density at radius 2 is 2.09 bits per heavy atom. The number of thiophene rings is 1. The highest BCUT2D eigenvalue weighted by Gasteiger charge is 2.16. The van der Waals surface area contributed by atoms with E-state index in [2.05, 4.69) is 57.5 Å². The predicted octanol–water partition coefficient (Wildman–Crippen LogP) is 3.63. The molecule has 7 heteroatoms. The topological polar surface area (TPSA) is 86.0 Å². The van der Waals surface area contributed by atoms with E-state index in [4.69, 9.17) is 10.5 Å². The minimum atomic E-state index is 0.129. The summed E-state index contributed by atoms with van der Waals surface area (Å²) in [4.78, 5) is 13.5. The lowest BCUT2D eigenvalue weighted by molar-refractivity contribution is 0.379. The Balaban J connectivity index is 1.90. The fourth-order valence-electron chi connectivity index (χ4n) is 2.43. The van der Waals surface area contributed by atoms with Gasteiger partial charge in [-0.15, -0.1) is 11.3 Å². The van der Waals surface area contributed by atoms with Crippen LogP contribution in [0.15, 0.2) is 30.3 Å². The summed E-state index contributed by atoms with van der Waals surface area (Å²) in [6.07, 6.45) is 2.02. The van der Waals surface area contributed by atoms with Crippen LogP contribution in [0.2, 0.25) is 0 Å². The van der Waals surface area contributed by atoms with E-state index < -0.39 is 0 Å². The number of hydrogen-bond acceptors (Lipinski definition) is 7. The number of aromatic nitrogens is 3. The van der Waals surface area contributed by atoms with Crippen LogP contribution in [-0.4, -0.2) is 22.1 Å². The van der Waals surface area contributed by atoms with Crippen molar-refractivity contribution in [1.29, 1.82) is 0 Å². The maximum Gasteiger partial charge on any atom is 0.322 e. The molecule has 0 saturated carbocycles. The first-order valence-electron chi connectivity index (χ1n) is 7.50. The average molecular weight is 329 g/mol. The lowest BCUT2D eigenvalue weighted by Crippen LogP contribution is -2.13. The Morgan fingerprint density at radius 1 is 1.26 bits per heavy atom. The number of nitrogens with one attached hydrogen (secondary N) is 1. The number of hydrogen-bond donors (Lipinski definition) is 2.